The van der Waals surface area contributed by atoms with Crippen LogP contribution in [0, 0.1) is 11.3 Å². The summed E-state index contributed by atoms with van der Waals surface area (Å²) in [6.07, 6.45) is 1.67. The average molecular weight is 346 g/mol. The molecule has 0 radical (unpaired) electrons. The Kier molecular flexibility index (Phi) is 3.48. The predicted octanol–water partition coefficient (Wildman–Crippen LogP) is 6.19. The summed E-state index contributed by atoms with van der Waals surface area (Å²) >= 11 is 0. The molecule has 5 aromatic rings. The Morgan fingerprint density at radius 1 is 0.704 bits per heavy atom. The van der Waals surface area contributed by atoms with E-state index in [4.69, 9.17) is 9.68 Å². The van der Waals surface area contributed by atoms with Crippen molar-refractivity contribution in [3.63, 3.8) is 0 Å². The van der Waals surface area contributed by atoms with E-state index in [1.165, 1.54) is 0 Å². The first kappa shape index (κ1) is 15.4. The number of aromatic nitrogens is 1. The zero-order valence-electron chi connectivity index (χ0n) is 14.4. The summed E-state index contributed by atoms with van der Waals surface area (Å²) in [5.41, 5.74) is 6.48. The van der Waals surface area contributed by atoms with Crippen LogP contribution in [-0.4, -0.2) is 4.98 Å². The van der Waals surface area contributed by atoms with Gasteiger partial charge >= 0.3 is 0 Å². The van der Waals surface area contributed by atoms with E-state index in [9.17, 15) is 0 Å². The highest BCUT2D eigenvalue weighted by atomic mass is 16.3. The van der Waals surface area contributed by atoms with E-state index in [2.05, 4.69) is 41.4 Å². The van der Waals surface area contributed by atoms with Gasteiger partial charge in [-0.05, 0) is 41.5 Å². The van der Waals surface area contributed by atoms with Gasteiger partial charge in [0.1, 0.15) is 11.2 Å². The second-order valence-corrected chi connectivity index (χ2v) is 6.43. The SMILES string of the molecule is N#Cc1ccnc(-c2ccc(-c3ccc4oc5ccccc5c4c3)cc2)c1. The number of hydrogen-bond donors (Lipinski definition) is 0. The summed E-state index contributed by atoms with van der Waals surface area (Å²) in [5, 5.41) is 11.3. The predicted molar refractivity (Wildman–Crippen MR) is 107 cm³/mol. The van der Waals surface area contributed by atoms with Crippen molar-refractivity contribution in [2.75, 3.05) is 0 Å². The van der Waals surface area contributed by atoms with Crippen molar-refractivity contribution in [2.45, 2.75) is 0 Å². The van der Waals surface area contributed by atoms with Crippen LogP contribution in [0.15, 0.2) is 89.5 Å². The summed E-state index contributed by atoms with van der Waals surface area (Å²) in [4.78, 5) is 4.36. The van der Waals surface area contributed by atoms with Crippen LogP contribution in [0.25, 0.3) is 44.3 Å². The standard InChI is InChI=1S/C24H14N2O/c25-15-16-11-12-26-22(13-16)18-7-5-17(6-8-18)19-9-10-24-21(14-19)20-3-1-2-4-23(20)27-24/h1-14H. The van der Waals surface area contributed by atoms with Crippen LogP contribution < -0.4 is 0 Å². The number of nitriles is 1. The van der Waals surface area contributed by atoms with E-state index in [1.54, 1.807) is 18.3 Å². The first-order valence-electron chi connectivity index (χ1n) is 8.70. The number of rotatable bonds is 2. The molecule has 3 aromatic carbocycles. The van der Waals surface area contributed by atoms with Gasteiger partial charge in [-0.1, -0.05) is 48.5 Å². The Bertz CT molecular complexity index is 1320. The van der Waals surface area contributed by atoms with Gasteiger partial charge in [0.15, 0.2) is 0 Å². The van der Waals surface area contributed by atoms with Gasteiger partial charge in [0, 0.05) is 22.5 Å². The monoisotopic (exact) mass is 346 g/mol. The van der Waals surface area contributed by atoms with Gasteiger partial charge < -0.3 is 4.42 Å². The van der Waals surface area contributed by atoms with Crippen LogP contribution in [-0.2, 0) is 0 Å². The molecule has 0 N–H and O–H groups in total. The maximum absolute atomic E-state index is 9.06. The minimum Gasteiger partial charge on any atom is -0.456 e. The van der Waals surface area contributed by atoms with E-state index in [0.717, 1.165) is 44.3 Å². The van der Waals surface area contributed by atoms with Crippen molar-refractivity contribution in [1.29, 1.82) is 5.26 Å². The molecule has 0 bridgehead atoms. The summed E-state index contributed by atoms with van der Waals surface area (Å²) in [5.74, 6) is 0. The molecule has 2 heterocycles. The van der Waals surface area contributed by atoms with E-state index in [0.29, 0.717) is 5.56 Å². The van der Waals surface area contributed by atoms with E-state index >= 15 is 0 Å². The van der Waals surface area contributed by atoms with Crippen molar-refractivity contribution < 1.29 is 4.42 Å². The fourth-order valence-corrected chi connectivity index (χ4v) is 3.40. The number of pyridine rings is 1. The van der Waals surface area contributed by atoms with Gasteiger partial charge in [-0.2, -0.15) is 5.26 Å². The highest BCUT2D eigenvalue weighted by Gasteiger charge is 2.08. The van der Waals surface area contributed by atoms with Crippen molar-refractivity contribution in [2.24, 2.45) is 0 Å². The van der Waals surface area contributed by atoms with Gasteiger partial charge in [-0.25, -0.2) is 0 Å². The Morgan fingerprint density at radius 3 is 2.30 bits per heavy atom. The van der Waals surface area contributed by atoms with Gasteiger partial charge in [-0.3, -0.25) is 4.98 Å². The van der Waals surface area contributed by atoms with Crippen LogP contribution in [0.3, 0.4) is 0 Å². The molecule has 5 rings (SSSR count). The van der Waals surface area contributed by atoms with Crippen molar-refractivity contribution in [1.82, 2.24) is 4.98 Å². The molecule has 0 fully saturated rings. The van der Waals surface area contributed by atoms with E-state index in [1.807, 2.05) is 36.4 Å². The van der Waals surface area contributed by atoms with Crippen LogP contribution in [0.4, 0.5) is 0 Å². The Labute approximate surface area is 156 Å². The summed E-state index contributed by atoms with van der Waals surface area (Å²) in [6, 6.07) is 28.3. The molecule has 2 aromatic heterocycles. The third-order valence-corrected chi connectivity index (χ3v) is 4.78. The molecule has 0 aliphatic carbocycles. The van der Waals surface area contributed by atoms with Crippen molar-refractivity contribution in [3.05, 3.63) is 90.6 Å². The highest BCUT2D eigenvalue weighted by Crippen LogP contribution is 2.32. The van der Waals surface area contributed by atoms with E-state index in [-0.39, 0.29) is 0 Å². The summed E-state index contributed by atoms with van der Waals surface area (Å²) < 4.78 is 5.91. The molecule has 3 nitrogen and oxygen atoms in total. The van der Waals surface area contributed by atoms with Gasteiger partial charge in [0.05, 0.1) is 17.3 Å². The fraction of sp³-hybridized carbons (Fsp3) is 0. The third kappa shape index (κ3) is 2.65. The quantitative estimate of drug-likeness (QED) is 0.383. The molecule has 126 valence electrons. The first-order chi connectivity index (χ1) is 13.3. The van der Waals surface area contributed by atoms with Crippen molar-refractivity contribution >= 4 is 21.9 Å². The Morgan fingerprint density at radius 2 is 1.44 bits per heavy atom. The number of hydrogen-bond acceptors (Lipinski definition) is 3. The molecule has 0 aliphatic rings. The largest absolute Gasteiger partial charge is 0.456 e. The molecule has 27 heavy (non-hydrogen) atoms. The summed E-state index contributed by atoms with van der Waals surface area (Å²) in [6.45, 7) is 0. The number of benzene rings is 3. The molecule has 0 saturated heterocycles. The first-order valence-corrected chi connectivity index (χ1v) is 8.70. The van der Waals surface area contributed by atoms with E-state index < -0.39 is 0 Å². The second-order valence-electron chi connectivity index (χ2n) is 6.43. The lowest BCUT2D eigenvalue weighted by Crippen LogP contribution is -1.85. The zero-order chi connectivity index (χ0) is 18.2. The van der Waals surface area contributed by atoms with Crippen LogP contribution >= 0.6 is 0 Å². The normalized spacial score (nSPS) is 10.9. The average Bonchev–Trinajstić information content (AvgIpc) is 3.12. The minimum atomic E-state index is 0.612. The molecule has 0 atom stereocenters. The molecule has 0 saturated carbocycles. The zero-order valence-corrected chi connectivity index (χ0v) is 14.4. The van der Waals surface area contributed by atoms with Gasteiger partial charge in [0.25, 0.3) is 0 Å². The number of nitrogens with zero attached hydrogens (tertiary/aromatic N) is 2. The lowest BCUT2D eigenvalue weighted by Gasteiger charge is -2.05. The van der Waals surface area contributed by atoms with Crippen LogP contribution in [0.2, 0.25) is 0 Å². The molecular formula is C24H14N2O. The number of furan rings is 1. The fourth-order valence-electron chi connectivity index (χ4n) is 3.40. The Hall–Kier alpha value is -3.90. The Balaban J connectivity index is 1.56. The van der Waals surface area contributed by atoms with Gasteiger partial charge in [0.2, 0.25) is 0 Å². The van der Waals surface area contributed by atoms with Crippen LogP contribution in [0.5, 0.6) is 0 Å². The van der Waals surface area contributed by atoms with Crippen molar-refractivity contribution in [3.8, 4) is 28.5 Å². The maximum atomic E-state index is 9.06. The maximum Gasteiger partial charge on any atom is 0.135 e. The molecular weight excluding hydrogens is 332 g/mol. The lowest BCUT2D eigenvalue weighted by atomic mass is 10.0. The molecule has 0 unspecified atom stereocenters. The summed E-state index contributed by atoms with van der Waals surface area (Å²) in [7, 11) is 0. The molecule has 0 aliphatic heterocycles. The molecule has 0 spiro atoms. The minimum absolute atomic E-state index is 0.612. The lowest BCUT2D eigenvalue weighted by molar-refractivity contribution is 0.669. The number of para-hydroxylation sites is 1. The molecule has 3 heteroatoms. The number of fused-ring (bicyclic) bond motifs is 3. The van der Waals surface area contributed by atoms with Gasteiger partial charge in [-0.15, -0.1) is 0 Å². The molecule has 0 amide bonds. The van der Waals surface area contributed by atoms with Crippen LogP contribution in [0.1, 0.15) is 5.56 Å². The second kappa shape index (κ2) is 6.12. The third-order valence-electron chi connectivity index (χ3n) is 4.78. The highest BCUT2D eigenvalue weighted by molar-refractivity contribution is 6.06. The smallest absolute Gasteiger partial charge is 0.135 e. The topological polar surface area (TPSA) is 49.8 Å².